The van der Waals surface area contributed by atoms with Crippen LogP contribution in [0.5, 0.6) is 23.0 Å². The Labute approximate surface area is 158 Å². The molecule has 3 aliphatic rings. The second-order valence-corrected chi connectivity index (χ2v) is 7.73. The second kappa shape index (κ2) is 6.94. The minimum atomic E-state index is 0.238. The lowest BCUT2D eigenvalue weighted by Crippen LogP contribution is -3.27. The summed E-state index contributed by atoms with van der Waals surface area (Å²) in [6.45, 7) is 7.47. The first-order valence-electron chi connectivity index (χ1n) is 9.78. The summed E-state index contributed by atoms with van der Waals surface area (Å²) in [5, 5.41) is 10.3. The van der Waals surface area contributed by atoms with Crippen molar-refractivity contribution in [3.05, 3.63) is 47.0 Å². The number of aromatic hydroxyl groups is 1. The summed E-state index contributed by atoms with van der Waals surface area (Å²) < 4.78 is 16.4. The summed E-state index contributed by atoms with van der Waals surface area (Å²) >= 11 is 0. The molecule has 3 N–H and O–H groups in total. The van der Waals surface area contributed by atoms with Gasteiger partial charge in [0.05, 0.1) is 12.2 Å². The maximum atomic E-state index is 10.3. The molecule has 0 aromatic heterocycles. The van der Waals surface area contributed by atoms with Gasteiger partial charge >= 0.3 is 0 Å². The lowest BCUT2D eigenvalue weighted by molar-refractivity contribution is -1.02. The molecule has 0 radical (unpaired) electrons. The zero-order valence-corrected chi connectivity index (χ0v) is 15.4. The van der Waals surface area contributed by atoms with Gasteiger partial charge in [-0.1, -0.05) is 0 Å². The molecule has 27 heavy (non-hydrogen) atoms. The maximum absolute atomic E-state index is 10.3. The third-order valence-electron chi connectivity index (χ3n) is 5.89. The summed E-state index contributed by atoms with van der Waals surface area (Å²) in [7, 11) is 0. The highest BCUT2D eigenvalue weighted by molar-refractivity contribution is 5.51. The van der Waals surface area contributed by atoms with Crippen molar-refractivity contribution in [2.24, 2.45) is 0 Å². The van der Waals surface area contributed by atoms with Crippen LogP contribution in [0.15, 0.2) is 30.3 Å². The molecular formula is C21H26N2O4+2. The van der Waals surface area contributed by atoms with Crippen LogP contribution >= 0.6 is 0 Å². The van der Waals surface area contributed by atoms with E-state index in [2.05, 4.69) is 18.2 Å². The Kier molecular flexibility index (Phi) is 4.30. The molecule has 5 rings (SSSR count). The van der Waals surface area contributed by atoms with E-state index in [9.17, 15) is 5.11 Å². The first-order chi connectivity index (χ1) is 13.2. The maximum Gasteiger partial charge on any atom is 0.231 e. The predicted octanol–water partition coefficient (Wildman–Crippen LogP) is -0.461. The third-order valence-corrected chi connectivity index (χ3v) is 5.89. The average molecular weight is 370 g/mol. The number of ether oxygens (including phenoxy) is 3. The highest BCUT2D eigenvalue weighted by atomic mass is 16.7. The number of benzene rings is 2. The van der Waals surface area contributed by atoms with Crippen LogP contribution in [0.2, 0.25) is 0 Å². The first-order valence-corrected chi connectivity index (χ1v) is 9.78. The molecule has 3 heterocycles. The van der Waals surface area contributed by atoms with Gasteiger partial charge < -0.3 is 29.1 Å². The summed E-state index contributed by atoms with van der Waals surface area (Å²) in [6, 6.07) is 10.3. The highest BCUT2D eigenvalue weighted by Gasteiger charge is 2.26. The molecular weight excluding hydrogens is 344 g/mol. The van der Waals surface area contributed by atoms with Gasteiger partial charge in [0.25, 0.3) is 0 Å². The fraction of sp³-hybridized carbons (Fsp3) is 0.429. The zero-order valence-electron chi connectivity index (χ0n) is 15.4. The van der Waals surface area contributed by atoms with Gasteiger partial charge in [-0.2, -0.15) is 0 Å². The molecule has 0 saturated carbocycles. The van der Waals surface area contributed by atoms with Crippen molar-refractivity contribution in [2.45, 2.75) is 19.5 Å². The monoisotopic (exact) mass is 370 g/mol. The van der Waals surface area contributed by atoms with Gasteiger partial charge in [0.1, 0.15) is 50.8 Å². The number of phenolic OH excluding ortho intramolecular Hbond substituents is 1. The number of fused-ring (bicyclic) bond motifs is 2. The van der Waals surface area contributed by atoms with Crippen molar-refractivity contribution >= 4 is 0 Å². The quantitative estimate of drug-likeness (QED) is 0.682. The van der Waals surface area contributed by atoms with Crippen LogP contribution in [0.3, 0.4) is 0 Å². The topological polar surface area (TPSA) is 56.8 Å². The van der Waals surface area contributed by atoms with Crippen LogP contribution in [-0.2, 0) is 19.5 Å². The predicted molar refractivity (Wildman–Crippen MR) is 98.7 cm³/mol. The third kappa shape index (κ3) is 3.42. The molecule has 6 heteroatoms. The number of hydrogen-bond acceptors (Lipinski definition) is 4. The van der Waals surface area contributed by atoms with Crippen LogP contribution in [-0.4, -0.2) is 44.7 Å². The van der Waals surface area contributed by atoms with Crippen molar-refractivity contribution in [2.75, 3.05) is 39.6 Å². The summed E-state index contributed by atoms with van der Waals surface area (Å²) in [5.74, 6) is 2.75. The Morgan fingerprint density at radius 1 is 0.815 bits per heavy atom. The van der Waals surface area contributed by atoms with Crippen molar-refractivity contribution in [3.63, 3.8) is 0 Å². The molecule has 1 fully saturated rings. The summed E-state index contributed by atoms with van der Waals surface area (Å²) in [4.78, 5) is 3.14. The van der Waals surface area contributed by atoms with Crippen LogP contribution < -0.4 is 24.0 Å². The average Bonchev–Trinajstić information content (AvgIpc) is 3.32. The summed E-state index contributed by atoms with van der Waals surface area (Å²) in [6.07, 6.45) is 1.04. The number of quaternary nitrogens is 2. The summed E-state index contributed by atoms with van der Waals surface area (Å²) in [5.41, 5.74) is 3.71. The number of piperazine rings is 1. The van der Waals surface area contributed by atoms with Gasteiger partial charge in [-0.3, -0.25) is 0 Å². The molecule has 0 aliphatic carbocycles. The number of rotatable bonds is 4. The molecule has 0 bridgehead atoms. The Morgan fingerprint density at radius 2 is 1.56 bits per heavy atom. The Bertz CT molecular complexity index is 846. The molecule has 1 saturated heterocycles. The lowest BCUT2D eigenvalue weighted by atomic mass is 10.1. The highest BCUT2D eigenvalue weighted by Crippen LogP contribution is 2.37. The first kappa shape index (κ1) is 16.7. The molecule has 0 atom stereocenters. The van der Waals surface area contributed by atoms with E-state index in [1.165, 1.54) is 16.0 Å². The molecule has 6 nitrogen and oxygen atoms in total. The SMILES string of the molecule is Oc1cc2c(cc1C[NH+]1CC[NH+](Cc3ccc4c(c3)CCO4)CC1)OCO2. The molecule has 0 unspecified atom stereocenters. The molecule has 3 aliphatic heterocycles. The van der Waals surface area contributed by atoms with E-state index in [4.69, 9.17) is 14.2 Å². The minimum Gasteiger partial charge on any atom is -0.507 e. The van der Waals surface area contributed by atoms with E-state index in [1.54, 1.807) is 11.0 Å². The normalized spacial score (nSPS) is 23.1. The van der Waals surface area contributed by atoms with E-state index in [-0.39, 0.29) is 6.79 Å². The van der Waals surface area contributed by atoms with E-state index >= 15 is 0 Å². The van der Waals surface area contributed by atoms with Gasteiger partial charge in [-0.05, 0) is 29.8 Å². The standard InChI is InChI=1S/C21H24N2O4/c24-18-11-21-20(26-14-27-21)10-17(18)13-23-6-4-22(5-7-23)12-15-1-2-19-16(9-15)3-8-25-19/h1-2,9-11,24H,3-8,12-14H2/p+2. The van der Waals surface area contributed by atoms with Gasteiger partial charge in [-0.25, -0.2) is 0 Å². The van der Waals surface area contributed by atoms with Crippen LogP contribution in [0.1, 0.15) is 16.7 Å². The zero-order chi connectivity index (χ0) is 18.2. The van der Waals surface area contributed by atoms with Gasteiger partial charge in [-0.15, -0.1) is 0 Å². The van der Waals surface area contributed by atoms with E-state index in [0.717, 1.165) is 69.4 Å². The van der Waals surface area contributed by atoms with Gasteiger partial charge in [0, 0.05) is 18.1 Å². The van der Waals surface area contributed by atoms with Crippen molar-refractivity contribution in [1.82, 2.24) is 0 Å². The second-order valence-electron chi connectivity index (χ2n) is 7.73. The molecule has 2 aromatic carbocycles. The lowest BCUT2D eigenvalue weighted by Gasteiger charge is -2.30. The minimum absolute atomic E-state index is 0.238. The number of nitrogens with one attached hydrogen (secondary N) is 2. The fourth-order valence-electron chi connectivity index (χ4n) is 4.33. The van der Waals surface area contributed by atoms with Gasteiger partial charge in [0.2, 0.25) is 6.79 Å². The van der Waals surface area contributed by atoms with E-state index < -0.39 is 0 Å². The Balaban J connectivity index is 1.17. The van der Waals surface area contributed by atoms with Crippen molar-refractivity contribution in [1.29, 1.82) is 0 Å². The van der Waals surface area contributed by atoms with Crippen LogP contribution in [0.25, 0.3) is 0 Å². The van der Waals surface area contributed by atoms with Crippen LogP contribution in [0, 0.1) is 0 Å². The van der Waals surface area contributed by atoms with Crippen LogP contribution in [0.4, 0.5) is 0 Å². The van der Waals surface area contributed by atoms with E-state index in [1.807, 2.05) is 6.07 Å². The largest absolute Gasteiger partial charge is 0.507 e. The van der Waals surface area contributed by atoms with Crippen molar-refractivity contribution < 1.29 is 29.1 Å². The van der Waals surface area contributed by atoms with E-state index in [0.29, 0.717) is 11.5 Å². The molecule has 0 amide bonds. The fourth-order valence-corrected chi connectivity index (χ4v) is 4.33. The number of phenols is 1. The molecule has 2 aromatic rings. The van der Waals surface area contributed by atoms with Crippen molar-refractivity contribution in [3.8, 4) is 23.0 Å². The Morgan fingerprint density at radius 3 is 2.37 bits per heavy atom. The number of hydrogen-bond donors (Lipinski definition) is 3. The smallest absolute Gasteiger partial charge is 0.231 e. The molecule has 0 spiro atoms. The van der Waals surface area contributed by atoms with Gasteiger partial charge in [0.15, 0.2) is 11.5 Å². The molecule has 142 valence electrons. The Hall–Kier alpha value is -2.44.